The number of hydrogen-bond donors (Lipinski definition) is 1. The quantitative estimate of drug-likeness (QED) is 0.599. The number of hydrogen-bond acceptors (Lipinski definition) is 2. The number of piperidine rings is 1. The molecule has 17 heavy (non-hydrogen) atoms. The molecule has 0 unspecified atom stereocenters. The Labute approximate surface area is 109 Å². The lowest BCUT2D eigenvalue weighted by molar-refractivity contribution is -0.134. The summed E-state index contributed by atoms with van der Waals surface area (Å²) in [4.78, 5) is 15.6. The standard InChI is InChI=1S/C12H21N3OS/c1-4-7-13-12(17)15-8-5-6-10(9-15)11(16)14(2)3/h4,10H,1,5-9H2,2-3H3,(H,13,17)/t10-/m0/s1. The fraction of sp³-hybridized carbons (Fsp3) is 0.667. The van der Waals surface area contributed by atoms with Crippen LogP contribution in [0, 0.1) is 5.92 Å². The predicted octanol–water partition coefficient (Wildman–Crippen LogP) is 0.847. The first kappa shape index (κ1) is 14.0. The van der Waals surface area contributed by atoms with E-state index in [1.54, 1.807) is 25.1 Å². The molecule has 0 radical (unpaired) electrons. The van der Waals surface area contributed by atoms with Crippen molar-refractivity contribution in [3.05, 3.63) is 12.7 Å². The van der Waals surface area contributed by atoms with Gasteiger partial charge >= 0.3 is 0 Å². The molecule has 1 heterocycles. The fourth-order valence-corrected chi connectivity index (χ4v) is 2.25. The van der Waals surface area contributed by atoms with E-state index < -0.39 is 0 Å². The summed E-state index contributed by atoms with van der Waals surface area (Å²) in [5.41, 5.74) is 0. The molecule has 96 valence electrons. The first-order valence-electron chi connectivity index (χ1n) is 5.91. The minimum Gasteiger partial charge on any atom is -0.359 e. The van der Waals surface area contributed by atoms with E-state index >= 15 is 0 Å². The van der Waals surface area contributed by atoms with Crippen molar-refractivity contribution in [1.82, 2.24) is 15.1 Å². The maximum Gasteiger partial charge on any atom is 0.226 e. The molecule has 1 N–H and O–H groups in total. The first-order valence-corrected chi connectivity index (χ1v) is 6.32. The van der Waals surface area contributed by atoms with Gasteiger partial charge in [0.15, 0.2) is 5.11 Å². The van der Waals surface area contributed by atoms with Crippen LogP contribution in [0.4, 0.5) is 0 Å². The number of thiocarbonyl (C=S) groups is 1. The highest BCUT2D eigenvalue weighted by Crippen LogP contribution is 2.18. The van der Waals surface area contributed by atoms with E-state index in [0.717, 1.165) is 31.0 Å². The Kier molecular flexibility index (Phi) is 5.41. The lowest BCUT2D eigenvalue weighted by Crippen LogP contribution is -2.48. The van der Waals surface area contributed by atoms with Crippen molar-refractivity contribution in [2.24, 2.45) is 5.92 Å². The summed E-state index contributed by atoms with van der Waals surface area (Å²) >= 11 is 5.29. The molecule has 0 spiro atoms. The van der Waals surface area contributed by atoms with Crippen molar-refractivity contribution < 1.29 is 4.79 Å². The van der Waals surface area contributed by atoms with E-state index in [0.29, 0.717) is 6.54 Å². The van der Waals surface area contributed by atoms with E-state index in [1.165, 1.54) is 0 Å². The zero-order chi connectivity index (χ0) is 12.8. The second-order valence-corrected chi connectivity index (χ2v) is 4.88. The molecule has 1 fully saturated rings. The van der Waals surface area contributed by atoms with Gasteiger partial charge in [-0.2, -0.15) is 0 Å². The number of rotatable bonds is 3. The molecule has 0 bridgehead atoms. The van der Waals surface area contributed by atoms with E-state index in [4.69, 9.17) is 12.2 Å². The van der Waals surface area contributed by atoms with Gasteiger partial charge in [-0.3, -0.25) is 4.79 Å². The normalized spacial score (nSPS) is 19.6. The van der Waals surface area contributed by atoms with Gasteiger partial charge in [-0.1, -0.05) is 6.08 Å². The molecular formula is C12H21N3OS. The van der Waals surface area contributed by atoms with Gasteiger partial charge in [0, 0.05) is 33.7 Å². The summed E-state index contributed by atoms with van der Waals surface area (Å²) in [7, 11) is 3.60. The van der Waals surface area contributed by atoms with Crippen molar-refractivity contribution in [1.29, 1.82) is 0 Å². The molecule has 0 aliphatic carbocycles. The van der Waals surface area contributed by atoms with Crippen molar-refractivity contribution >= 4 is 23.2 Å². The van der Waals surface area contributed by atoms with Gasteiger partial charge in [-0.25, -0.2) is 0 Å². The third kappa shape index (κ3) is 4.00. The maximum atomic E-state index is 11.9. The van der Waals surface area contributed by atoms with Crippen molar-refractivity contribution in [2.75, 3.05) is 33.7 Å². The van der Waals surface area contributed by atoms with E-state index in [-0.39, 0.29) is 11.8 Å². The van der Waals surface area contributed by atoms with Crippen LogP contribution in [-0.4, -0.2) is 54.5 Å². The van der Waals surface area contributed by atoms with Crippen molar-refractivity contribution in [3.63, 3.8) is 0 Å². The first-order chi connectivity index (χ1) is 8.06. The van der Waals surface area contributed by atoms with Gasteiger partial charge < -0.3 is 15.1 Å². The summed E-state index contributed by atoms with van der Waals surface area (Å²) in [6, 6.07) is 0. The number of carbonyl (C=O) groups excluding carboxylic acids is 1. The summed E-state index contributed by atoms with van der Waals surface area (Å²) in [5.74, 6) is 0.267. The number of nitrogens with one attached hydrogen (secondary N) is 1. The Morgan fingerprint density at radius 2 is 2.35 bits per heavy atom. The van der Waals surface area contributed by atoms with Crippen LogP contribution in [0.15, 0.2) is 12.7 Å². The molecule has 0 aromatic rings. The van der Waals surface area contributed by atoms with E-state index in [1.807, 2.05) is 0 Å². The summed E-state index contributed by atoms with van der Waals surface area (Å²) in [5, 5.41) is 3.83. The zero-order valence-electron chi connectivity index (χ0n) is 10.6. The Balaban J connectivity index is 2.51. The highest BCUT2D eigenvalue weighted by Gasteiger charge is 2.27. The van der Waals surface area contributed by atoms with Crippen molar-refractivity contribution in [2.45, 2.75) is 12.8 Å². The highest BCUT2D eigenvalue weighted by atomic mass is 32.1. The third-order valence-corrected chi connectivity index (χ3v) is 3.30. The Morgan fingerprint density at radius 3 is 2.94 bits per heavy atom. The summed E-state index contributed by atoms with van der Waals surface area (Å²) < 4.78 is 0. The van der Waals surface area contributed by atoms with Crippen LogP contribution in [0.1, 0.15) is 12.8 Å². The molecule has 1 aliphatic heterocycles. The van der Waals surface area contributed by atoms with Gasteiger partial charge in [0.25, 0.3) is 0 Å². The molecule has 4 nitrogen and oxygen atoms in total. The van der Waals surface area contributed by atoms with Crippen LogP contribution in [0.2, 0.25) is 0 Å². The number of likely N-dealkylation sites (tertiary alicyclic amines) is 1. The number of nitrogens with zero attached hydrogens (tertiary/aromatic N) is 2. The van der Waals surface area contributed by atoms with Crippen molar-refractivity contribution in [3.8, 4) is 0 Å². The maximum absolute atomic E-state index is 11.9. The van der Waals surface area contributed by atoms with Gasteiger partial charge in [0.2, 0.25) is 5.91 Å². The van der Waals surface area contributed by atoms with E-state index in [2.05, 4.69) is 16.8 Å². The molecule has 0 saturated carbocycles. The summed E-state index contributed by atoms with van der Waals surface area (Å²) in [6.45, 7) is 5.96. The molecule has 5 heteroatoms. The average molecular weight is 255 g/mol. The molecule has 1 aliphatic rings. The van der Waals surface area contributed by atoms with Crippen LogP contribution in [0.5, 0.6) is 0 Å². The molecule has 0 aromatic carbocycles. The topological polar surface area (TPSA) is 35.6 Å². The minimum absolute atomic E-state index is 0.0715. The predicted molar refractivity (Wildman–Crippen MR) is 73.8 cm³/mol. The smallest absolute Gasteiger partial charge is 0.226 e. The molecule has 1 rings (SSSR count). The average Bonchev–Trinajstić information content (AvgIpc) is 2.35. The Bertz CT molecular complexity index is 304. The van der Waals surface area contributed by atoms with Crippen LogP contribution in [0.3, 0.4) is 0 Å². The minimum atomic E-state index is 0.0715. The van der Waals surface area contributed by atoms with Crippen LogP contribution < -0.4 is 5.32 Å². The lowest BCUT2D eigenvalue weighted by Gasteiger charge is -2.34. The zero-order valence-corrected chi connectivity index (χ0v) is 11.4. The second kappa shape index (κ2) is 6.59. The van der Waals surface area contributed by atoms with Crippen LogP contribution >= 0.6 is 12.2 Å². The molecule has 1 amide bonds. The summed E-state index contributed by atoms with van der Waals surface area (Å²) in [6.07, 6.45) is 3.75. The molecular weight excluding hydrogens is 234 g/mol. The molecule has 1 saturated heterocycles. The van der Waals surface area contributed by atoms with E-state index in [9.17, 15) is 4.79 Å². The Hall–Kier alpha value is -1.10. The molecule has 1 atom stereocenters. The highest BCUT2D eigenvalue weighted by molar-refractivity contribution is 7.80. The van der Waals surface area contributed by atoms with Gasteiger partial charge in [-0.05, 0) is 25.1 Å². The number of amides is 1. The monoisotopic (exact) mass is 255 g/mol. The number of carbonyl (C=O) groups is 1. The van der Waals surface area contributed by atoms with Gasteiger partial charge in [0.1, 0.15) is 0 Å². The van der Waals surface area contributed by atoms with Crippen LogP contribution in [0.25, 0.3) is 0 Å². The third-order valence-electron chi connectivity index (χ3n) is 2.90. The molecule has 0 aromatic heterocycles. The lowest BCUT2D eigenvalue weighted by atomic mass is 9.97. The van der Waals surface area contributed by atoms with Gasteiger partial charge in [-0.15, -0.1) is 6.58 Å². The Morgan fingerprint density at radius 1 is 1.65 bits per heavy atom. The second-order valence-electron chi connectivity index (χ2n) is 4.49. The largest absolute Gasteiger partial charge is 0.359 e. The van der Waals surface area contributed by atoms with Gasteiger partial charge in [0.05, 0.1) is 5.92 Å². The SMILES string of the molecule is C=CCNC(=S)N1CCC[C@H](C(=O)N(C)C)C1. The van der Waals surface area contributed by atoms with Crippen LogP contribution in [-0.2, 0) is 4.79 Å². The fourth-order valence-electron chi connectivity index (χ4n) is 2.00.